The molecule has 9 nitrogen and oxygen atoms in total. The van der Waals surface area contributed by atoms with Crippen molar-refractivity contribution in [2.75, 3.05) is 21.3 Å². The third kappa shape index (κ3) is 4.41. The Morgan fingerprint density at radius 2 is 1.77 bits per heavy atom. The van der Waals surface area contributed by atoms with Gasteiger partial charge in [0.15, 0.2) is 17.3 Å². The molecular weight excluding hydrogens is 452 g/mol. The van der Waals surface area contributed by atoms with Gasteiger partial charge in [0.1, 0.15) is 5.92 Å². The van der Waals surface area contributed by atoms with Crippen LogP contribution < -0.4 is 9.47 Å². The monoisotopic (exact) mass is 478 g/mol. The van der Waals surface area contributed by atoms with Crippen LogP contribution in [0.15, 0.2) is 58.7 Å². The molecule has 1 unspecified atom stereocenters. The molecule has 0 saturated heterocycles. The van der Waals surface area contributed by atoms with Crippen LogP contribution in [0.3, 0.4) is 0 Å². The predicted octanol–water partition coefficient (Wildman–Crippen LogP) is 4.36. The van der Waals surface area contributed by atoms with Crippen LogP contribution in [-0.4, -0.2) is 43.7 Å². The Kier molecular flexibility index (Phi) is 6.68. The van der Waals surface area contributed by atoms with E-state index in [1.54, 1.807) is 39.3 Å². The van der Waals surface area contributed by atoms with Gasteiger partial charge in [-0.15, -0.1) is 0 Å². The number of ether oxygens (including phenoxy) is 3. The topological polar surface area (TPSA) is 117 Å². The molecule has 2 aromatic rings. The molecule has 0 amide bonds. The molecule has 0 saturated carbocycles. The summed E-state index contributed by atoms with van der Waals surface area (Å²) in [5, 5.41) is 11.4. The van der Waals surface area contributed by atoms with E-state index >= 15 is 0 Å². The van der Waals surface area contributed by atoms with E-state index in [1.165, 1.54) is 19.2 Å². The molecule has 0 bridgehead atoms. The summed E-state index contributed by atoms with van der Waals surface area (Å²) in [4.78, 5) is 42.0. The number of nitro groups is 1. The molecule has 2 aromatic carbocycles. The Labute approximate surface area is 202 Å². The zero-order chi connectivity index (χ0) is 25.3. The minimum Gasteiger partial charge on any atom is -0.493 e. The number of aliphatic imine (C=N–C) groups is 1. The van der Waals surface area contributed by atoms with E-state index in [-0.39, 0.29) is 23.8 Å². The fourth-order valence-corrected chi connectivity index (χ4v) is 5.03. The molecule has 3 atom stereocenters. The van der Waals surface area contributed by atoms with Crippen molar-refractivity contribution in [2.24, 2.45) is 10.9 Å². The molecule has 0 radical (unpaired) electrons. The van der Waals surface area contributed by atoms with Crippen molar-refractivity contribution in [3.05, 3.63) is 75.0 Å². The summed E-state index contributed by atoms with van der Waals surface area (Å²) in [5.41, 5.74) is 2.83. The molecule has 1 aliphatic carbocycles. The van der Waals surface area contributed by atoms with Crippen LogP contribution in [0.2, 0.25) is 0 Å². The minimum absolute atomic E-state index is 0.111. The van der Waals surface area contributed by atoms with Crippen molar-refractivity contribution in [1.29, 1.82) is 0 Å². The average Bonchev–Trinajstić information content (AvgIpc) is 2.86. The van der Waals surface area contributed by atoms with Gasteiger partial charge in [0, 0.05) is 41.5 Å². The number of allylic oxidation sites excluding steroid dienone is 2. The number of nitro benzene ring substituents is 1. The van der Waals surface area contributed by atoms with Gasteiger partial charge in [0.2, 0.25) is 0 Å². The molecule has 0 spiro atoms. The number of non-ortho nitro benzene ring substituents is 1. The maximum Gasteiger partial charge on any atom is 0.315 e. The third-order valence-corrected chi connectivity index (χ3v) is 6.66. The zero-order valence-electron chi connectivity index (χ0n) is 19.9. The van der Waals surface area contributed by atoms with E-state index in [9.17, 15) is 19.7 Å². The molecule has 1 heterocycles. The van der Waals surface area contributed by atoms with Crippen molar-refractivity contribution in [3.8, 4) is 11.5 Å². The number of carbonyl (C=O) groups is 2. The maximum absolute atomic E-state index is 13.6. The lowest BCUT2D eigenvalue weighted by Gasteiger charge is -2.36. The summed E-state index contributed by atoms with van der Waals surface area (Å²) in [6.07, 6.45) is 0.690. The molecule has 4 rings (SSSR count). The summed E-state index contributed by atoms with van der Waals surface area (Å²) in [6.45, 7) is 1.72. The molecule has 0 N–H and O–H groups in total. The van der Waals surface area contributed by atoms with Crippen LogP contribution in [-0.2, 0) is 14.3 Å². The summed E-state index contributed by atoms with van der Waals surface area (Å²) >= 11 is 0. The van der Waals surface area contributed by atoms with Crippen LogP contribution in [0, 0.1) is 16.0 Å². The van der Waals surface area contributed by atoms with E-state index in [1.807, 2.05) is 12.1 Å². The molecule has 9 heteroatoms. The van der Waals surface area contributed by atoms with Crippen molar-refractivity contribution < 1.29 is 28.7 Å². The third-order valence-electron chi connectivity index (χ3n) is 6.66. The average molecular weight is 479 g/mol. The number of hydrogen-bond donors (Lipinski definition) is 0. The fraction of sp³-hybridized carbons (Fsp3) is 0.346. The molecule has 0 aromatic heterocycles. The number of nitrogens with zero attached hydrogens (tertiary/aromatic N) is 2. The van der Waals surface area contributed by atoms with E-state index in [2.05, 4.69) is 4.99 Å². The summed E-state index contributed by atoms with van der Waals surface area (Å²) in [5.74, 6) is -1.22. The Hall–Kier alpha value is -4.01. The molecule has 182 valence electrons. The van der Waals surface area contributed by atoms with Gasteiger partial charge < -0.3 is 14.2 Å². The normalized spacial score (nSPS) is 21.7. The Bertz CT molecular complexity index is 1260. The molecule has 1 aliphatic heterocycles. The number of Topliss-reactive ketones (excluding diaryl/α,β-unsaturated/α-hetero) is 1. The lowest BCUT2D eigenvalue weighted by molar-refractivity contribution is -0.384. The number of carbonyl (C=O) groups excluding carboxylic acids is 2. The van der Waals surface area contributed by atoms with Crippen molar-refractivity contribution >= 4 is 23.2 Å². The number of methoxy groups -OCH3 is 3. The number of rotatable bonds is 6. The van der Waals surface area contributed by atoms with Gasteiger partial charge in [0.25, 0.3) is 5.69 Å². The van der Waals surface area contributed by atoms with Crippen LogP contribution in [0.5, 0.6) is 11.5 Å². The highest BCUT2D eigenvalue weighted by atomic mass is 16.6. The Balaban J connectivity index is 1.80. The second kappa shape index (κ2) is 9.69. The quantitative estimate of drug-likeness (QED) is 0.344. The van der Waals surface area contributed by atoms with Crippen LogP contribution in [0.1, 0.15) is 42.7 Å². The summed E-state index contributed by atoms with van der Waals surface area (Å²) in [6, 6.07) is 11.6. The highest BCUT2D eigenvalue weighted by molar-refractivity contribution is 6.09. The number of benzene rings is 2. The van der Waals surface area contributed by atoms with Crippen LogP contribution >= 0.6 is 0 Å². The second-order valence-corrected chi connectivity index (χ2v) is 8.59. The number of ketones is 1. The van der Waals surface area contributed by atoms with Gasteiger partial charge in [-0.1, -0.05) is 18.2 Å². The van der Waals surface area contributed by atoms with E-state index < -0.39 is 22.7 Å². The zero-order valence-corrected chi connectivity index (χ0v) is 19.9. The van der Waals surface area contributed by atoms with Crippen molar-refractivity contribution in [1.82, 2.24) is 0 Å². The first-order valence-electron chi connectivity index (χ1n) is 11.1. The van der Waals surface area contributed by atoms with E-state index in [0.29, 0.717) is 40.5 Å². The van der Waals surface area contributed by atoms with E-state index in [4.69, 9.17) is 14.2 Å². The van der Waals surface area contributed by atoms with Crippen LogP contribution in [0.25, 0.3) is 0 Å². The predicted molar refractivity (Wildman–Crippen MR) is 128 cm³/mol. The summed E-state index contributed by atoms with van der Waals surface area (Å²) in [7, 11) is 4.39. The smallest absolute Gasteiger partial charge is 0.315 e. The van der Waals surface area contributed by atoms with Crippen molar-refractivity contribution in [3.63, 3.8) is 0 Å². The van der Waals surface area contributed by atoms with Gasteiger partial charge in [-0.3, -0.25) is 24.7 Å². The highest BCUT2D eigenvalue weighted by Crippen LogP contribution is 2.47. The lowest BCUT2D eigenvalue weighted by Crippen LogP contribution is -2.37. The molecule has 2 aliphatic rings. The number of hydrogen-bond acceptors (Lipinski definition) is 8. The first-order chi connectivity index (χ1) is 16.8. The van der Waals surface area contributed by atoms with Gasteiger partial charge in [-0.2, -0.15) is 0 Å². The standard InChI is InChI=1S/C26H26N2O7/c1-14-23(26(30)35-4)24(16-6-5-7-18(10-16)28(31)32)25-19(27-14)11-17(12-20(25)29)15-8-9-21(33-2)22(13-15)34-3/h5-10,13,17,23-24H,11-12H2,1-4H3/t17-,23?,24+/m0/s1. The Morgan fingerprint density at radius 3 is 2.43 bits per heavy atom. The SMILES string of the molecule is COC(=O)C1C(C)=NC2=C(C(=O)C[C@@H](c3ccc(OC)c(OC)c3)C2)[C@@H]1c1cccc([N+](=O)[O-])c1. The van der Waals surface area contributed by atoms with Gasteiger partial charge >= 0.3 is 5.97 Å². The Morgan fingerprint density at radius 1 is 1.03 bits per heavy atom. The maximum atomic E-state index is 13.6. The fourth-order valence-electron chi connectivity index (χ4n) is 5.03. The van der Waals surface area contributed by atoms with Crippen molar-refractivity contribution in [2.45, 2.75) is 31.6 Å². The molecule has 0 fully saturated rings. The first-order valence-corrected chi connectivity index (χ1v) is 11.1. The minimum atomic E-state index is -0.845. The van der Waals surface area contributed by atoms with Gasteiger partial charge in [-0.05, 0) is 42.5 Å². The van der Waals surface area contributed by atoms with Gasteiger partial charge in [-0.25, -0.2) is 0 Å². The largest absolute Gasteiger partial charge is 0.493 e. The molecule has 35 heavy (non-hydrogen) atoms. The lowest BCUT2D eigenvalue weighted by atomic mass is 9.69. The van der Waals surface area contributed by atoms with Gasteiger partial charge in [0.05, 0.1) is 26.3 Å². The van der Waals surface area contributed by atoms with Crippen LogP contribution in [0.4, 0.5) is 5.69 Å². The molecular formula is C26H26N2O7. The summed E-state index contributed by atoms with van der Waals surface area (Å²) < 4.78 is 15.8. The second-order valence-electron chi connectivity index (χ2n) is 8.59. The first kappa shape index (κ1) is 24.1. The highest BCUT2D eigenvalue weighted by Gasteiger charge is 2.45. The number of esters is 1. The van der Waals surface area contributed by atoms with E-state index in [0.717, 1.165) is 5.56 Å².